The van der Waals surface area contributed by atoms with Crippen molar-refractivity contribution in [1.82, 2.24) is 0 Å². The summed E-state index contributed by atoms with van der Waals surface area (Å²) in [5.74, 6) is -1.18. The van der Waals surface area contributed by atoms with Crippen molar-refractivity contribution in [3.8, 4) is 0 Å². The fourth-order valence-corrected chi connectivity index (χ4v) is 3.52. The third-order valence-corrected chi connectivity index (χ3v) is 4.53. The zero-order valence-corrected chi connectivity index (χ0v) is 12.6. The van der Waals surface area contributed by atoms with Crippen molar-refractivity contribution in [1.29, 1.82) is 0 Å². The molecule has 0 spiro atoms. The first-order valence-electron chi connectivity index (χ1n) is 6.35. The second kappa shape index (κ2) is 5.73. The second-order valence-electron chi connectivity index (χ2n) is 5.01. The normalized spacial score (nSPS) is 11.5. The van der Waals surface area contributed by atoms with Crippen LogP contribution in [0.2, 0.25) is 0 Å². The van der Waals surface area contributed by atoms with Crippen molar-refractivity contribution in [3.63, 3.8) is 0 Å². The maximum absolute atomic E-state index is 12.2. The van der Waals surface area contributed by atoms with E-state index in [9.17, 15) is 13.2 Å². The fourth-order valence-electron chi connectivity index (χ4n) is 2.15. The average Bonchev–Trinajstić information content (AvgIpc) is 2.68. The Morgan fingerprint density at radius 2 is 1.90 bits per heavy atom. The molecule has 0 aliphatic rings. The minimum Gasteiger partial charge on any atom is -0.478 e. The Morgan fingerprint density at radius 1 is 1.19 bits per heavy atom. The van der Waals surface area contributed by atoms with E-state index < -0.39 is 15.8 Å². The smallest absolute Gasteiger partial charge is 0.339 e. The maximum Gasteiger partial charge on any atom is 0.339 e. The highest BCUT2D eigenvalue weighted by Gasteiger charge is 2.19. The summed E-state index contributed by atoms with van der Waals surface area (Å²) in [5.41, 5.74) is 1.69. The van der Waals surface area contributed by atoms with Gasteiger partial charge >= 0.3 is 5.97 Å². The third kappa shape index (κ3) is 3.95. The molecule has 0 bridgehead atoms. The molecule has 0 saturated carbocycles. The van der Waals surface area contributed by atoms with Gasteiger partial charge in [-0.1, -0.05) is 29.8 Å². The van der Waals surface area contributed by atoms with Crippen LogP contribution in [0.3, 0.4) is 0 Å². The van der Waals surface area contributed by atoms with E-state index in [-0.39, 0.29) is 28.6 Å². The summed E-state index contributed by atoms with van der Waals surface area (Å²) in [4.78, 5) is 10.9. The van der Waals surface area contributed by atoms with E-state index in [0.29, 0.717) is 5.56 Å². The number of hydrogen-bond acceptors (Lipinski definition) is 4. The van der Waals surface area contributed by atoms with Gasteiger partial charge < -0.3 is 9.52 Å². The summed E-state index contributed by atoms with van der Waals surface area (Å²) in [6.07, 6.45) is 0. The highest BCUT2D eigenvalue weighted by atomic mass is 32.2. The van der Waals surface area contributed by atoms with E-state index in [1.54, 1.807) is 12.1 Å². The predicted octanol–water partition coefficient (Wildman–Crippen LogP) is 2.71. The maximum atomic E-state index is 12.2. The number of aromatic carboxylic acids is 1. The first-order chi connectivity index (χ1) is 9.77. The van der Waals surface area contributed by atoms with E-state index in [2.05, 4.69) is 0 Å². The number of rotatable bonds is 5. The summed E-state index contributed by atoms with van der Waals surface area (Å²) in [6, 6.07) is 8.53. The van der Waals surface area contributed by atoms with E-state index in [0.717, 1.165) is 5.56 Å². The summed E-state index contributed by atoms with van der Waals surface area (Å²) >= 11 is 0. The van der Waals surface area contributed by atoms with E-state index in [1.807, 2.05) is 19.1 Å². The van der Waals surface area contributed by atoms with Gasteiger partial charge in [-0.3, -0.25) is 0 Å². The number of sulfone groups is 1. The van der Waals surface area contributed by atoms with Crippen LogP contribution in [0.4, 0.5) is 0 Å². The standard InChI is InChI=1S/C15H16O5S/c1-10-4-3-5-12(6-10)8-21(18,19)9-13-7-14(15(16)17)11(2)20-13/h3-7H,8-9H2,1-2H3,(H,16,17). The van der Waals surface area contributed by atoms with Crippen molar-refractivity contribution in [2.24, 2.45) is 0 Å². The van der Waals surface area contributed by atoms with Crippen LogP contribution >= 0.6 is 0 Å². The molecule has 0 radical (unpaired) electrons. The molecule has 21 heavy (non-hydrogen) atoms. The van der Waals surface area contributed by atoms with Gasteiger partial charge in [0, 0.05) is 0 Å². The Labute approximate surface area is 123 Å². The lowest BCUT2D eigenvalue weighted by Gasteiger charge is -2.03. The Balaban J connectivity index is 2.18. The second-order valence-corrected chi connectivity index (χ2v) is 7.07. The lowest BCUT2D eigenvalue weighted by Crippen LogP contribution is -2.07. The minimum atomic E-state index is -3.42. The van der Waals surface area contributed by atoms with Crippen molar-refractivity contribution in [2.75, 3.05) is 0 Å². The number of benzene rings is 1. The minimum absolute atomic E-state index is 0.00393. The van der Waals surface area contributed by atoms with Crippen molar-refractivity contribution >= 4 is 15.8 Å². The number of furan rings is 1. The van der Waals surface area contributed by atoms with Crippen LogP contribution in [0, 0.1) is 13.8 Å². The molecule has 1 aromatic carbocycles. The number of aryl methyl sites for hydroxylation is 2. The SMILES string of the molecule is Cc1cccc(CS(=O)(=O)Cc2cc(C(=O)O)c(C)o2)c1. The molecule has 0 amide bonds. The van der Waals surface area contributed by atoms with Gasteiger partial charge in [-0.2, -0.15) is 0 Å². The molecule has 0 unspecified atom stereocenters. The molecule has 1 aromatic heterocycles. The fraction of sp³-hybridized carbons (Fsp3) is 0.267. The van der Waals surface area contributed by atoms with Crippen LogP contribution < -0.4 is 0 Å². The summed E-state index contributed by atoms with van der Waals surface area (Å²) < 4.78 is 29.5. The van der Waals surface area contributed by atoms with Gasteiger partial charge in [0.1, 0.15) is 22.8 Å². The topological polar surface area (TPSA) is 84.6 Å². The predicted molar refractivity (Wildman–Crippen MR) is 77.9 cm³/mol. The molecule has 2 rings (SSSR count). The van der Waals surface area contributed by atoms with Gasteiger partial charge in [0.25, 0.3) is 0 Å². The van der Waals surface area contributed by atoms with Crippen molar-refractivity contribution in [2.45, 2.75) is 25.4 Å². The van der Waals surface area contributed by atoms with Gasteiger partial charge in [0.05, 0.1) is 5.75 Å². The van der Waals surface area contributed by atoms with Crippen LogP contribution in [-0.2, 0) is 21.3 Å². The third-order valence-electron chi connectivity index (χ3n) is 3.03. The Bertz CT molecular complexity index is 771. The Kier molecular flexibility index (Phi) is 4.18. The Morgan fingerprint density at radius 3 is 2.48 bits per heavy atom. The lowest BCUT2D eigenvalue weighted by molar-refractivity contribution is 0.0695. The molecular formula is C15H16O5S. The zero-order valence-electron chi connectivity index (χ0n) is 11.8. The van der Waals surface area contributed by atoms with Crippen LogP contribution in [0.1, 0.15) is 33.0 Å². The van der Waals surface area contributed by atoms with Gasteiger partial charge in [0.15, 0.2) is 9.84 Å². The largest absolute Gasteiger partial charge is 0.478 e. The van der Waals surface area contributed by atoms with Crippen LogP contribution in [0.5, 0.6) is 0 Å². The molecule has 2 aromatic rings. The molecule has 1 heterocycles. The van der Waals surface area contributed by atoms with E-state index >= 15 is 0 Å². The van der Waals surface area contributed by atoms with Gasteiger partial charge in [-0.15, -0.1) is 0 Å². The molecular weight excluding hydrogens is 292 g/mol. The molecule has 1 N–H and O–H groups in total. The highest BCUT2D eigenvalue weighted by Crippen LogP contribution is 2.19. The molecule has 0 fully saturated rings. The first kappa shape index (κ1) is 15.3. The van der Waals surface area contributed by atoms with Crippen LogP contribution in [-0.4, -0.2) is 19.5 Å². The molecule has 0 atom stereocenters. The number of hydrogen-bond donors (Lipinski definition) is 1. The molecule has 5 nitrogen and oxygen atoms in total. The van der Waals surface area contributed by atoms with Crippen LogP contribution in [0.15, 0.2) is 34.7 Å². The van der Waals surface area contributed by atoms with Crippen LogP contribution in [0.25, 0.3) is 0 Å². The number of carboxylic acid groups (broad SMARTS) is 1. The average molecular weight is 308 g/mol. The monoisotopic (exact) mass is 308 g/mol. The zero-order chi connectivity index (χ0) is 15.6. The number of carbonyl (C=O) groups is 1. The number of carboxylic acids is 1. The quantitative estimate of drug-likeness (QED) is 0.918. The van der Waals surface area contributed by atoms with E-state index in [4.69, 9.17) is 9.52 Å². The van der Waals surface area contributed by atoms with Crippen molar-refractivity contribution < 1.29 is 22.7 Å². The first-order valence-corrected chi connectivity index (χ1v) is 8.17. The summed E-state index contributed by atoms with van der Waals surface area (Å²) in [5, 5.41) is 8.93. The molecule has 6 heteroatoms. The van der Waals surface area contributed by atoms with Gasteiger partial charge in [-0.05, 0) is 25.5 Å². The molecule has 0 aliphatic heterocycles. The van der Waals surface area contributed by atoms with Gasteiger partial charge in [0.2, 0.25) is 0 Å². The molecule has 0 aliphatic carbocycles. The highest BCUT2D eigenvalue weighted by molar-refractivity contribution is 7.89. The van der Waals surface area contributed by atoms with Crippen molar-refractivity contribution in [3.05, 3.63) is 58.5 Å². The summed E-state index contributed by atoms with van der Waals surface area (Å²) in [7, 11) is -3.42. The molecule has 0 saturated heterocycles. The van der Waals surface area contributed by atoms with Gasteiger partial charge in [-0.25, -0.2) is 13.2 Å². The lowest BCUT2D eigenvalue weighted by atomic mass is 10.2. The van der Waals surface area contributed by atoms with E-state index in [1.165, 1.54) is 13.0 Å². The molecule has 112 valence electrons. The Hall–Kier alpha value is -2.08. The summed E-state index contributed by atoms with van der Waals surface area (Å²) in [6.45, 7) is 3.39.